The summed E-state index contributed by atoms with van der Waals surface area (Å²) in [6, 6.07) is 8.95. The molecule has 2 atom stereocenters. The van der Waals surface area contributed by atoms with Crippen LogP contribution in [-0.2, 0) is 19.6 Å². The van der Waals surface area contributed by atoms with Crippen molar-refractivity contribution in [1.29, 1.82) is 0 Å². The number of nitrogens with one attached hydrogen (secondary N) is 1. The van der Waals surface area contributed by atoms with Crippen LogP contribution in [0.4, 0.5) is 5.69 Å². The minimum absolute atomic E-state index is 0.00488. The first kappa shape index (κ1) is 24.1. The van der Waals surface area contributed by atoms with E-state index in [9.17, 15) is 23.3 Å². The second-order valence-electron chi connectivity index (χ2n) is 6.29. The van der Waals surface area contributed by atoms with Gasteiger partial charge in [0.1, 0.15) is 10.3 Å². The van der Waals surface area contributed by atoms with E-state index < -0.39 is 37.9 Å². The van der Waals surface area contributed by atoms with Crippen molar-refractivity contribution in [3.63, 3.8) is 0 Å². The fraction of sp³-hybridized carbons (Fsp3) is 0.316. The first-order valence-electron chi connectivity index (χ1n) is 8.83. The summed E-state index contributed by atoms with van der Waals surface area (Å²) in [5.74, 6) is -0.640. The molecule has 0 aliphatic rings. The molecule has 0 radical (unpaired) electrons. The molecule has 0 unspecified atom stereocenters. The molecule has 0 aliphatic carbocycles. The van der Waals surface area contributed by atoms with Crippen LogP contribution in [0, 0.1) is 17.0 Å². The van der Waals surface area contributed by atoms with Crippen molar-refractivity contribution in [2.24, 2.45) is 0 Å². The number of sulfonamides is 1. The van der Waals surface area contributed by atoms with Gasteiger partial charge in [-0.2, -0.15) is 0 Å². The standard InChI is InChI=1S/C19H21ClN2O6S2/c1-4-28-19(23)18(29-3)17(13-7-10-15(20)16(11-13)22(24)25)21-30(26,27)14-8-5-12(2)6-9-14/h5-11,17-18,21H,4H2,1-3H3/t17-,18+/m1/s1. The van der Waals surface area contributed by atoms with Gasteiger partial charge in [-0.15, -0.1) is 11.8 Å². The second kappa shape index (κ2) is 10.3. The van der Waals surface area contributed by atoms with Gasteiger partial charge in [-0.25, -0.2) is 13.1 Å². The molecule has 30 heavy (non-hydrogen) atoms. The molecule has 8 nitrogen and oxygen atoms in total. The Morgan fingerprint density at radius 2 is 1.90 bits per heavy atom. The molecule has 0 saturated heterocycles. The number of thioether (sulfide) groups is 1. The number of hydrogen-bond acceptors (Lipinski definition) is 7. The van der Waals surface area contributed by atoms with Gasteiger partial charge in [0.2, 0.25) is 10.0 Å². The highest BCUT2D eigenvalue weighted by molar-refractivity contribution is 8.00. The highest BCUT2D eigenvalue weighted by Gasteiger charge is 2.35. The molecule has 2 aromatic carbocycles. The van der Waals surface area contributed by atoms with Gasteiger partial charge in [0.15, 0.2) is 0 Å². The second-order valence-corrected chi connectivity index (χ2v) is 9.39. The van der Waals surface area contributed by atoms with Crippen LogP contribution in [0.3, 0.4) is 0 Å². The molecule has 0 aromatic heterocycles. The van der Waals surface area contributed by atoms with Crippen LogP contribution in [-0.4, -0.2) is 37.4 Å². The summed E-state index contributed by atoms with van der Waals surface area (Å²) in [6.07, 6.45) is 1.62. The lowest BCUT2D eigenvalue weighted by atomic mass is 10.0. The van der Waals surface area contributed by atoms with E-state index >= 15 is 0 Å². The zero-order valence-corrected chi connectivity index (χ0v) is 18.9. The molecule has 0 fully saturated rings. The molecule has 0 bridgehead atoms. The third-order valence-corrected chi connectivity index (χ3v) is 6.96. The molecule has 11 heteroatoms. The van der Waals surface area contributed by atoms with E-state index in [0.29, 0.717) is 0 Å². The van der Waals surface area contributed by atoms with Gasteiger partial charge in [-0.1, -0.05) is 35.4 Å². The number of nitro benzene ring substituents is 1. The smallest absolute Gasteiger partial charge is 0.321 e. The molecule has 2 rings (SSSR count). The molecule has 0 saturated carbocycles. The summed E-state index contributed by atoms with van der Waals surface area (Å²) in [7, 11) is -4.05. The number of aryl methyl sites for hydroxylation is 1. The zero-order chi connectivity index (χ0) is 22.5. The SMILES string of the molecule is CCOC(=O)[C@@H](SC)[C@H](NS(=O)(=O)c1ccc(C)cc1)c1ccc(Cl)c([N+](=O)[O-])c1. The molecule has 1 N–H and O–H groups in total. The Morgan fingerprint density at radius 3 is 2.43 bits per heavy atom. The molecule has 0 aliphatic heterocycles. The van der Waals surface area contributed by atoms with Crippen molar-refractivity contribution in [2.45, 2.75) is 30.0 Å². The Hall–Kier alpha value is -2.14. The van der Waals surface area contributed by atoms with Gasteiger partial charge < -0.3 is 4.74 Å². The maximum absolute atomic E-state index is 13.0. The van der Waals surface area contributed by atoms with Crippen LogP contribution in [0.1, 0.15) is 24.1 Å². The summed E-state index contributed by atoms with van der Waals surface area (Å²) >= 11 is 6.96. The van der Waals surface area contributed by atoms with Crippen molar-refractivity contribution < 1.29 is 22.9 Å². The Morgan fingerprint density at radius 1 is 1.27 bits per heavy atom. The maximum Gasteiger partial charge on any atom is 0.321 e. The Kier molecular flexibility index (Phi) is 8.25. The summed E-state index contributed by atoms with van der Waals surface area (Å²) in [5.41, 5.74) is 0.707. The van der Waals surface area contributed by atoms with E-state index in [0.717, 1.165) is 23.4 Å². The number of benzene rings is 2. The topological polar surface area (TPSA) is 116 Å². The number of esters is 1. The van der Waals surface area contributed by atoms with E-state index in [4.69, 9.17) is 16.3 Å². The van der Waals surface area contributed by atoms with Crippen molar-refractivity contribution >= 4 is 45.0 Å². The Labute approximate surface area is 184 Å². The van der Waals surface area contributed by atoms with Gasteiger partial charge in [-0.3, -0.25) is 14.9 Å². The van der Waals surface area contributed by atoms with Crippen molar-refractivity contribution in [3.8, 4) is 0 Å². The average molecular weight is 473 g/mol. The van der Waals surface area contributed by atoms with Crippen LogP contribution in [0.25, 0.3) is 0 Å². The number of ether oxygens (including phenoxy) is 1. The summed E-state index contributed by atoms with van der Waals surface area (Å²) < 4.78 is 33.5. The van der Waals surface area contributed by atoms with Gasteiger partial charge >= 0.3 is 5.97 Å². The van der Waals surface area contributed by atoms with Gasteiger partial charge in [0.05, 0.1) is 22.5 Å². The van der Waals surface area contributed by atoms with Gasteiger partial charge in [-0.05, 0) is 43.9 Å². The van der Waals surface area contributed by atoms with E-state index in [1.165, 1.54) is 24.3 Å². The highest BCUT2D eigenvalue weighted by Crippen LogP contribution is 2.33. The molecule has 2 aromatic rings. The lowest BCUT2D eigenvalue weighted by Crippen LogP contribution is -2.39. The van der Waals surface area contributed by atoms with Crippen LogP contribution in [0.2, 0.25) is 5.02 Å². The highest BCUT2D eigenvalue weighted by atomic mass is 35.5. The fourth-order valence-electron chi connectivity index (χ4n) is 2.71. The Balaban J connectivity index is 2.56. The third kappa shape index (κ3) is 5.72. The Bertz CT molecular complexity index is 1030. The first-order valence-corrected chi connectivity index (χ1v) is 12.0. The number of nitrogens with zero attached hydrogens (tertiary/aromatic N) is 1. The minimum Gasteiger partial charge on any atom is -0.465 e. The summed E-state index contributed by atoms with van der Waals surface area (Å²) in [5, 5.41) is 10.2. The molecular weight excluding hydrogens is 452 g/mol. The monoisotopic (exact) mass is 472 g/mol. The number of halogens is 1. The number of hydrogen-bond donors (Lipinski definition) is 1. The lowest BCUT2D eigenvalue weighted by Gasteiger charge is -2.25. The van der Waals surface area contributed by atoms with E-state index in [2.05, 4.69) is 4.72 Å². The molecular formula is C19H21ClN2O6S2. The minimum atomic E-state index is -4.05. The van der Waals surface area contributed by atoms with E-state index in [1.807, 2.05) is 6.92 Å². The van der Waals surface area contributed by atoms with Crippen molar-refractivity contribution in [2.75, 3.05) is 12.9 Å². The number of rotatable bonds is 9. The summed E-state index contributed by atoms with van der Waals surface area (Å²) in [6.45, 7) is 3.56. The van der Waals surface area contributed by atoms with E-state index in [1.54, 1.807) is 25.3 Å². The lowest BCUT2D eigenvalue weighted by molar-refractivity contribution is -0.384. The van der Waals surface area contributed by atoms with Gasteiger partial charge in [0.25, 0.3) is 5.69 Å². The predicted molar refractivity (Wildman–Crippen MR) is 116 cm³/mol. The molecule has 0 spiro atoms. The fourth-order valence-corrected chi connectivity index (χ4v) is 4.98. The third-order valence-electron chi connectivity index (χ3n) is 4.21. The first-order chi connectivity index (χ1) is 14.1. The van der Waals surface area contributed by atoms with Crippen LogP contribution < -0.4 is 4.72 Å². The van der Waals surface area contributed by atoms with Gasteiger partial charge in [0, 0.05) is 6.07 Å². The quantitative estimate of drug-likeness (QED) is 0.334. The molecule has 162 valence electrons. The zero-order valence-electron chi connectivity index (χ0n) is 16.5. The van der Waals surface area contributed by atoms with Crippen molar-refractivity contribution in [1.82, 2.24) is 4.72 Å². The normalized spacial score (nSPS) is 13.5. The number of nitro groups is 1. The maximum atomic E-state index is 13.0. The van der Waals surface area contributed by atoms with Crippen molar-refractivity contribution in [3.05, 3.63) is 68.7 Å². The summed E-state index contributed by atoms with van der Waals surface area (Å²) in [4.78, 5) is 23.1. The molecule has 0 heterocycles. The number of carbonyl (C=O) groups excluding carboxylic acids is 1. The average Bonchev–Trinajstić information content (AvgIpc) is 2.68. The molecule has 0 amide bonds. The van der Waals surface area contributed by atoms with Crippen LogP contribution >= 0.6 is 23.4 Å². The van der Waals surface area contributed by atoms with Crippen LogP contribution in [0.5, 0.6) is 0 Å². The number of carbonyl (C=O) groups is 1. The largest absolute Gasteiger partial charge is 0.465 e. The van der Waals surface area contributed by atoms with E-state index in [-0.39, 0.29) is 22.1 Å². The predicted octanol–water partition coefficient (Wildman–Crippen LogP) is 3.87. The van der Waals surface area contributed by atoms with Crippen LogP contribution in [0.15, 0.2) is 47.4 Å².